The van der Waals surface area contributed by atoms with Crippen LogP contribution >= 0.6 is 11.8 Å². The monoisotopic (exact) mass is 518 g/mol. The molecule has 5 rings (SSSR count). The predicted octanol–water partition coefficient (Wildman–Crippen LogP) is 7.57. The fraction of sp³-hybridized carbons (Fsp3) is 0.0625. The van der Waals surface area contributed by atoms with Gasteiger partial charge in [-0.15, -0.1) is 11.8 Å². The molecular formula is C32H26N2O3S. The number of amides is 2. The van der Waals surface area contributed by atoms with E-state index in [1.165, 1.54) is 11.8 Å². The van der Waals surface area contributed by atoms with Crippen LogP contribution < -0.4 is 15.4 Å². The normalized spacial score (nSPS) is 11.5. The number of anilines is 2. The van der Waals surface area contributed by atoms with E-state index in [2.05, 4.69) is 10.6 Å². The van der Waals surface area contributed by atoms with Crippen LogP contribution in [0.2, 0.25) is 0 Å². The van der Waals surface area contributed by atoms with E-state index in [4.69, 9.17) is 4.74 Å². The van der Waals surface area contributed by atoms with Crippen molar-refractivity contribution in [3.05, 3.63) is 132 Å². The molecule has 0 aromatic heterocycles. The molecule has 0 saturated carbocycles. The van der Waals surface area contributed by atoms with Gasteiger partial charge >= 0.3 is 0 Å². The molecule has 38 heavy (non-hydrogen) atoms. The van der Waals surface area contributed by atoms with Gasteiger partial charge in [-0.25, -0.2) is 0 Å². The van der Waals surface area contributed by atoms with E-state index in [0.29, 0.717) is 17.0 Å². The van der Waals surface area contributed by atoms with Gasteiger partial charge in [-0.3, -0.25) is 9.59 Å². The minimum Gasteiger partial charge on any atom is -0.497 e. The van der Waals surface area contributed by atoms with Gasteiger partial charge in [0.2, 0.25) is 5.91 Å². The molecule has 188 valence electrons. The number of nitrogens with one attached hydrogen (secondary N) is 2. The van der Waals surface area contributed by atoms with Crippen LogP contribution in [0.25, 0.3) is 10.8 Å². The lowest BCUT2D eigenvalue weighted by Gasteiger charge is -2.18. The second kappa shape index (κ2) is 11.7. The summed E-state index contributed by atoms with van der Waals surface area (Å²) in [5, 5.41) is 7.66. The Morgan fingerprint density at radius 2 is 1.39 bits per heavy atom. The lowest BCUT2D eigenvalue weighted by atomic mass is 10.1. The number of methoxy groups -OCH3 is 1. The average Bonchev–Trinajstić information content (AvgIpc) is 2.97. The molecule has 5 aromatic carbocycles. The van der Waals surface area contributed by atoms with E-state index < -0.39 is 5.25 Å². The first-order chi connectivity index (χ1) is 18.6. The van der Waals surface area contributed by atoms with Gasteiger partial charge in [-0.05, 0) is 65.5 Å². The van der Waals surface area contributed by atoms with Crippen molar-refractivity contribution in [2.75, 3.05) is 17.7 Å². The van der Waals surface area contributed by atoms with Gasteiger partial charge in [-0.1, -0.05) is 66.7 Å². The highest BCUT2D eigenvalue weighted by atomic mass is 32.2. The summed E-state index contributed by atoms with van der Waals surface area (Å²) >= 11 is 1.46. The molecular weight excluding hydrogens is 492 g/mol. The third-order valence-corrected chi connectivity index (χ3v) is 7.37. The zero-order valence-electron chi connectivity index (χ0n) is 20.8. The second-order valence-electron chi connectivity index (χ2n) is 8.63. The van der Waals surface area contributed by atoms with E-state index in [1.807, 2.05) is 97.1 Å². The molecule has 0 saturated heterocycles. The smallest absolute Gasteiger partial charge is 0.255 e. The third kappa shape index (κ3) is 5.88. The minimum absolute atomic E-state index is 0.102. The Bertz CT molecular complexity index is 1550. The molecule has 1 unspecified atom stereocenters. The summed E-state index contributed by atoms with van der Waals surface area (Å²) in [7, 11) is 1.59. The van der Waals surface area contributed by atoms with E-state index in [-0.39, 0.29) is 11.8 Å². The summed E-state index contributed by atoms with van der Waals surface area (Å²) in [6, 6.07) is 38.1. The number of hydrogen-bond acceptors (Lipinski definition) is 4. The molecule has 1 atom stereocenters. The summed E-state index contributed by atoms with van der Waals surface area (Å²) in [5.41, 5.74) is 2.91. The lowest BCUT2D eigenvalue weighted by Crippen LogP contribution is -2.19. The second-order valence-corrected chi connectivity index (χ2v) is 9.81. The average molecular weight is 519 g/mol. The largest absolute Gasteiger partial charge is 0.497 e. The van der Waals surface area contributed by atoms with Crippen molar-refractivity contribution in [2.24, 2.45) is 0 Å². The zero-order chi connectivity index (χ0) is 26.3. The fourth-order valence-corrected chi connectivity index (χ4v) is 5.16. The maximum atomic E-state index is 13.6. The highest BCUT2D eigenvalue weighted by Crippen LogP contribution is 2.37. The van der Waals surface area contributed by atoms with Crippen LogP contribution in [0, 0.1) is 0 Å². The summed E-state index contributed by atoms with van der Waals surface area (Å²) in [6.07, 6.45) is 0. The van der Waals surface area contributed by atoms with Gasteiger partial charge < -0.3 is 15.4 Å². The fourth-order valence-electron chi connectivity index (χ4n) is 4.13. The van der Waals surface area contributed by atoms with Gasteiger partial charge in [-0.2, -0.15) is 0 Å². The number of hydrogen-bond donors (Lipinski definition) is 2. The van der Waals surface area contributed by atoms with Crippen LogP contribution in [0.1, 0.15) is 21.2 Å². The maximum absolute atomic E-state index is 13.6. The molecule has 0 fully saturated rings. The van der Waals surface area contributed by atoms with Gasteiger partial charge in [0.05, 0.1) is 7.11 Å². The van der Waals surface area contributed by atoms with Gasteiger partial charge in [0.15, 0.2) is 0 Å². The SMILES string of the molecule is COc1ccc(C(=O)Nc2ccc(SC(C(=O)Nc3cccc4ccccc34)c3ccccc3)cc2)cc1. The van der Waals surface area contributed by atoms with Gasteiger partial charge in [0.1, 0.15) is 11.0 Å². The molecule has 5 aromatic rings. The maximum Gasteiger partial charge on any atom is 0.255 e. The highest BCUT2D eigenvalue weighted by Gasteiger charge is 2.23. The molecule has 0 aliphatic heterocycles. The summed E-state index contributed by atoms with van der Waals surface area (Å²) in [5.74, 6) is 0.388. The van der Waals surface area contributed by atoms with Crippen LogP contribution in [-0.2, 0) is 4.79 Å². The van der Waals surface area contributed by atoms with Crippen LogP contribution in [0.4, 0.5) is 11.4 Å². The Labute approximate surface area is 225 Å². The molecule has 2 N–H and O–H groups in total. The first-order valence-corrected chi connectivity index (χ1v) is 13.0. The van der Waals surface area contributed by atoms with Crippen LogP contribution in [0.3, 0.4) is 0 Å². The minimum atomic E-state index is -0.463. The predicted molar refractivity (Wildman–Crippen MR) is 155 cm³/mol. The van der Waals surface area contributed by atoms with E-state index >= 15 is 0 Å². The number of ether oxygens (including phenoxy) is 1. The first kappa shape index (κ1) is 25.1. The molecule has 0 radical (unpaired) electrons. The Balaban J connectivity index is 1.32. The molecule has 0 heterocycles. The van der Waals surface area contributed by atoms with Crippen LogP contribution in [0.5, 0.6) is 5.75 Å². The molecule has 5 nitrogen and oxygen atoms in total. The van der Waals surface area contributed by atoms with Crippen molar-refractivity contribution in [3.8, 4) is 5.75 Å². The van der Waals surface area contributed by atoms with E-state index in [9.17, 15) is 9.59 Å². The number of carbonyl (C=O) groups excluding carboxylic acids is 2. The Morgan fingerprint density at radius 3 is 2.13 bits per heavy atom. The molecule has 2 amide bonds. The number of benzene rings is 5. The molecule has 0 spiro atoms. The standard InChI is InChI=1S/C32H26N2O3S/c1-37-26-18-14-24(15-19-26)31(35)33-25-16-20-27(21-17-25)38-30(23-9-3-2-4-10-23)32(36)34-29-13-7-11-22-8-5-6-12-28(22)29/h2-21,30H,1H3,(H,33,35)(H,34,36). The highest BCUT2D eigenvalue weighted by molar-refractivity contribution is 8.00. The summed E-state index contributed by atoms with van der Waals surface area (Å²) in [4.78, 5) is 27.1. The topological polar surface area (TPSA) is 67.4 Å². The van der Waals surface area contributed by atoms with Crippen LogP contribution in [-0.4, -0.2) is 18.9 Å². The summed E-state index contributed by atoms with van der Waals surface area (Å²) in [6.45, 7) is 0. The molecule has 6 heteroatoms. The number of fused-ring (bicyclic) bond motifs is 1. The quantitative estimate of drug-likeness (QED) is 0.208. The van der Waals surface area contributed by atoms with Gasteiger partial charge in [0.25, 0.3) is 5.91 Å². The van der Waals surface area contributed by atoms with Crippen molar-refractivity contribution in [2.45, 2.75) is 10.1 Å². The van der Waals surface area contributed by atoms with Crippen molar-refractivity contribution >= 4 is 45.7 Å². The van der Waals surface area contributed by atoms with E-state index in [0.717, 1.165) is 26.9 Å². The van der Waals surface area contributed by atoms with Gasteiger partial charge in [0, 0.05) is 27.2 Å². The third-order valence-electron chi connectivity index (χ3n) is 6.11. The Morgan fingerprint density at radius 1 is 0.711 bits per heavy atom. The Kier molecular flexibility index (Phi) is 7.71. The molecule has 0 bridgehead atoms. The van der Waals surface area contributed by atoms with Crippen molar-refractivity contribution in [3.63, 3.8) is 0 Å². The molecule has 0 aliphatic rings. The Hall–Kier alpha value is -4.55. The number of carbonyl (C=O) groups is 2. The van der Waals surface area contributed by atoms with Crippen molar-refractivity contribution < 1.29 is 14.3 Å². The zero-order valence-corrected chi connectivity index (χ0v) is 21.6. The van der Waals surface area contributed by atoms with Crippen molar-refractivity contribution in [1.82, 2.24) is 0 Å². The number of rotatable bonds is 8. The van der Waals surface area contributed by atoms with E-state index in [1.54, 1.807) is 31.4 Å². The molecule has 0 aliphatic carbocycles. The lowest BCUT2D eigenvalue weighted by molar-refractivity contribution is -0.115. The van der Waals surface area contributed by atoms with Crippen LogP contribution in [0.15, 0.2) is 126 Å². The summed E-state index contributed by atoms with van der Waals surface area (Å²) < 4.78 is 5.15. The van der Waals surface area contributed by atoms with Crippen molar-refractivity contribution in [1.29, 1.82) is 0 Å². The first-order valence-electron chi connectivity index (χ1n) is 12.2. The number of thioether (sulfide) groups is 1.